The monoisotopic (exact) mass is 424 g/mol. The fourth-order valence-electron chi connectivity index (χ4n) is 2.87. The second-order valence-electron chi connectivity index (χ2n) is 5.55. The SMILES string of the molecule is CCOC(=O)c1c(P(=O)(OCC)c2ccccn2)c2cc(Cl)ccc2n1S. The predicted octanol–water partition coefficient (Wildman–Crippen LogP) is 3.82. The third-order valence-electron chi connectivity index (χ3n) is 3.90. The molecule has 0 N–H and O–H groups in total. The summed E-state index contributed by atoms with van der Waals surface area (Å²) in [6, 6.07) is 10.0. The van der Waals surface area contributed by atoms with E-state index in [2.05, 4.69) is 17.8 Å². The fraction of sp³-hybridized carbons (Fsp3) is 0.222. The van der Waals surface area contributed by atoms with Crippen molar-refractivity contribution in [1.82, 2.24) is 8.96 Å². The first kappa shape index (κ1) is 20.0. The molecule has 2 aromatic heterocycles. The Morgan fingerprint density at radius 2 is 2.04 bits per heavy atom. The summed E-state index contributed by atoms with van der Waals surface area (Å²) in [6.07, 6.45) is 1.53. The van der Waals surface area contributed by atoms with Gasteiger partial charge in [0.2, 0.25) is 0 Å². The molecular formula is C18H18ClN2O4PS. The maximum Gasteiger partial charge on any atom is 0.356 e. The second-order valence-corrected chi connectivity index (χ2v) is 8.65. The van der Waals surface area contributed by atoms with Crippen molar-refractivity contribution in [2.75, 3.05) is 13.2 Å². The highest BCUT2D eigenvalue weighted by atomic mass is 35.5. The number of aromatic nitrogens is 2. The smallest absolute Gasteiger partial charge is 0.356 e. The molecule has 142 valence electrons. The van der Waals surface area contributed by atoms with Crippen molar-refractivity contribution >= 4 is 59.4 Å². The van der Waals surface area contributed by atoms with Crippen molar-refractivity contribution in [2.24, 2.45) is 0 Å². The van der Waals surface area contributed by atoms with Crippen molar-refractivity contribution in [3.63, 3.8) is 0 Å². The van der Waals surface area contributed by atoms with Crippen LogP contribution >= 0.6 is 31.8 Å². The number of rotatable bonds is 6. The van der Waals surface area contributed by atoms with E-state index in [4.69, 9.17) is 20.9 Å². The summed E-state index contributed by atoms with van der Waals surface area (Å²) in [7, 11) is -3.72. The molecule has 0 radical (unpaired) electrons. The zero-order valence-electron chi connectivity index (χ0n) is 14.8. The molecule has 0 fully saturated rings. The largest absolute Gasteiger partial charge is 0.461 e. The molecule has 1 aromatic carbocycles. The van der Waals surface area contributed by atoms with E-state index in [0.717, 1.165) is 0 Å². The van der Waals surface area contributed by atoms with E-state index in [9.17, 15) is 9.36 Å². The number of halogens is 1. The lowest BCUT2D eigenvalue weighted by molar-refractivity contribution is 0.0520. The molecule has 3 aromatic rings. The van der Waals surface area contributed by atoms with Gasteiger partial charge in [-0.05, 0) is 44.2 Å². The summed E-state index contributed by atoms with van der Waals surface area (Å²) in [4.78, 5) is 16.9. The number of carbonyl (C=O) groups is 1. The van der Waals surface area contributed by atoms with Crippen molar-refractivity contribution < 1.29 is 18.6 Å². The first-order valence-electron chi connectivity index (χ1n) is 8.31. The Bertz CT molecular complexity index is 1040. The molecule has 1 unspecified atom stereocenters. The highest BCUT2D eigenvalue weighted by molar-refractivity contribution is 7.79. The van der Waals surface area contributed by atoms with Gasteiger partial charge >= 0.3 is 5.97 Å². The zero-order valence-corrected chi connectivity index (χ0v) is 17.3. The average molecular weight is 425 g/mol. The van der Waals surface area contributed by atoms with Crippen molar-refractivity contribution in [2.45, 2.75) is 13.8 Å². The van der Waals surface area contributed by atoms with Crippen LogP contribution in [0.25, 0.3) is 10.9 Å². The van der Waals surface area contributed by atoms with Crippen LogP contribution in [0.2, 0.25) is 5.02 Å². The van der Waals surface area contributed by atoms with Gasteiger partial charge in [0.15, 0.2) is 5.69 Å². The molecule has 0 spiro atoms. The van der Waals surface area contributed by atoms with E-state index < -0.39 is 13.3 Å². The number of fused-ring (bicyclic) bond motifs is 1. The Labute approximate surface area is 167 Å². The number of hydrogen-bond donors (Lipinski definition) is 1. The molecular weight excluding hydrogens is 407 g/mol. The molecule has 0 amide bonds. The molecule has 0 saturated heterocycles. The standard InChI is InChI=1S/C18H18ClN2O4PS/c1-3-24-18(22)16-17(13-11-12(19)8-9-14(13)21(16)27)26(23,25-4-2)15-7-5-6-10-20-15/h5-11,27H,3-4H2,1-2H3. The number of benzene rings is 1. The van der Waals surface area contributed by atoms with Gasteiger partial charge in [-0.25, -0.2) is 4.79 Å². The van der Waals surface area contributed by atoms with Crippen LogP contribution in [0.3, 0.4) is 0 Å². The molecule has 0 saturated carbocycles. The molecule has 6 nitrogen and oxygen atoms in total. The maximum atomic E-state index is 14.1. The number of esters is 1. The number of ether oxygens (including phenoxy) is 1. The molecule has 0 aliphatic rings. The highest BCUT2D eigenvalue weighted by Crippen LogP contribution is 2.48. The minimum absolute atomic E-state index is 0.0416. The Hall–Kier alpha value is -1.79. The molecule has 3 rings (SSSR count). The molecule has 0 aliphatic heterocycles. The van der Waals surface area contributed by atoms with Crippen molar-refractivity contribution in [1.29, 1.82) is 0 Å². The van der Waals surface area contributed by atoms with Crippen LogP contribution in [-0.4, -0.2) is 28.1 Å². The first-order chi connectivity index (χ1) is 12.9. The summed E-state index contributed by atoms with van der Waals surface area (Å²) >= 11 is 10.6. The topological polar surface area (TPSA) is 70.4 Å². The van der Waals surface area contributed by atoms with Crippen molar-refractivity contribution in [3.8, 4) is 0 Å². The Balaban J connectivity index is 2.43. The fourth-order valence-corrected chi connectivity index (χ4v) is 5.79. The minimum atomic E-state index is -3.72. The normalized spacial score (nSPS) is 13.5. The van der Waals surface area contributed by atoms with Gasteiger partial charge in [-0.1, -0.05) is 30.5 Å². The lowest BCUT2D eigenvalue weighted by Crippen LogP contribution is -2.26. The van der Waals surface area contributed by atoms with Gasteiger partial charge in [-0.15, -0.1) is 0 Å². The Kier molecular flexibility index (Phi) is 5.96. The summed E-state index contributed by atoms with van der Waals surface area (Å²) in [5.74, 6) is -0.648. The van der Waals surface area contributed by atoms with Crippen LogP contribution in [0.1, 0.15) is 24.3 Å². The number of hydrogen-bond acceptors (Lipinski definition) is 6. The Morgan fingerprint density at radius 3 is 2.67 bits per heavy atom. The van der Waals surface area contributed by atoms with E-state index in [1.165, 1.54) is 10.2 Å². The highest BCUT2D eigenvalue weighted by Gasteiger charge is 2.39. The zero-order chi connectivity index (χ0) is 19.6. The predicted molar refractivity (Wildman–Crippen MR) is 110 cm³/mol. The van der Waals surface area contributed by atoms with Gasteiger partial charge in [0.25, 0.3) is 7.37 Å². The number of nitrogens with zero attached hydrogens (tertiary/aromatic N) is 2. The summed E-state index contributed by atoms with van der Waals surface area (Å²) in [5, 5.41) is 1.12. The van der Waals surface area contributed by atoms with E-state index in [0.29, 0.717) is 15.9 Å². The lowest BCUT2D eigenvalue weighted by atomic mass is 10.2. The van der Waals surface area contributed by atoms with Crippen LogP contribution in [0.15, 0.2) is 42.6 Å². The number of carbonyl (C=O) groups excluding carboxylic acids is 1. The van der Waals surface area contributed by atoms with Gasteiger partial charge < -0.3 is 9.26 Å². The summed E-state index contributed by atoms with van der Waals surface area (Å²) in [5.41, 5.74) is 0.842. The molecule has 0 aliphatic carbocycles. The average Bonchev–Trinajstić information content (AvgIpc) is 2.95. The van der Waals surface area contributed by atoms with Gasteiger partial charge in [0.05, 0.1) is 24.0 Å². The third kappa shape index (κ3) is 3.52. The van der Waals surface area contributed by atoms with Crippen LogP contribution in [-0.2, 0) is 13.8 Å². The van der Waals surface area contributed by atoms with Crippen LogP contribution < -0.4 is 10.7 Å². The lowest BCUT2D eigenvalue weighted by Gasteiger charge is -2.18. The number of pyridine rings is 1. The second kappa shape index (κ2) is 8.07. The first-order valence-corrected chi connectivity index (χ1v) is 10.7. The van der Waals surface area contributed by atoms with E-state index in [1.807, 2.05) is 0 Å². The van der Waals surface area contributed by atoms with Gasteiger partial charge in [-0.3, -0.25) is 13.5 Å². The van der Waals surface area contributed by atoms with Crippen LogP contribution in [0.5, 0.6) is 0 Å². The summed E-state index contributed by atoms with van der Waals surface area (Å²) < 4.78 is 26.4. The van der Waals surface area contributed by atoms with E-state index >= 15 is 0 Å². The molecule has 9 heteroatoms. The molecule has 0 bridgehead atoms. The van der Waals surface area contributed by atoms with Gasteiger partial charge in [-0.2, -0.15) is 0 Å². The summed E-state index contributed by atoms with van der Waals surface area (Å²) in [6.45, 7) is 3.75. The minimum Gasteiger partial charge on any atom is -0.461 e. The number of thiol groups is 1. The van der Waals surface area contributed by atoms with E-state index in [1.54, 1.807) is 50.2 Å². The van der Waals surface area contributed by atoms with Gasteiger partial charge in [0, 0.05) is 16.6 Å². The molecule has 1 atom stereocenters. The Morgan fingerprint density at radius 1 is 1.26 bits per heavy atom. The van der Waals surface area contributed by atoms with Crippen LogP contribution in [0, 0.1) is 0 Å². The quantitative estimate of drug-likeness (QED) is 0.370. The molecule has 27 heavy (non-hydrogen) atoms. The third-order valence-corrected chi connectivity index (χ3v) is 7.08. The van der Waals surface area contributed by atoms with Crippen molar-refractivity contribution in [3.05, 3.63) is 53.3 Å². The molecule has 2 heterocycles. The maximum absolute atomic E-state index is 14.1. The van der Waals surface area contributed by atoms with Crippen LogP contribution in [0.4, 0.5) is 0 Å². The van der Waals surface area contributed by atoms with E-state index in [-0.39, 0.29) is 29.6 Å². The van der Waals surface area contributed by atoms with Gasteiger partial charge in [0.1, 0.15) is 5.44 Å².